The molecule has 0 fully saturated rings. The quantitative estimate of drug-likeness (QED) is 0.782. The molecule has 0 aliphatic rings. The van der Waals surface area contributed by atoms with Gasteiger partial charge < -0.3 is 5.73 Å². The molecule has 0 saturated heterocycles. The molecule has 0 bridgehead atoms. The largest absolute Gasteiger partial charge is 0.327 e. The molecule has 0 aliphatic carbocycles. The Hall–Kier alpha value is -0.960. The van der Waals surface area contributed by atoms with E-state index in [4.69, 9.17) is 5.73 Å². The lowest BCUT2D eigenvalue weighted by atomic mass is 9.87. The van der Waals surface area contributed by atoms with Gasteiger partial charge in [0.05, 0.1) is 0 Å². The summed E-state index contributed by atoms with van der Waals surface area (Å²) in [5.74, 6) is -0.315. The van der Waals surface area contributed by atoms with E-state index in [2.05, 4.69) is 13.8 Å². The Morgan fingerprint density at radius 3 is 2.21 bits per heavy atom. The van der Waals surface area contributed by atoms with Gasteiger partial charge in [0.25, 0.3) is 0 Å². The Balaban J connectivity index is 2.82. The topological polar surface area (TPSA) is 26.0 Å². The summed E-state index contributed by atoms with van der Waals surface area (Å²) in [5, 5.41) is 0. The zero-order valence-electron chi connectivity index (χ0n) is 12.2. The Morgan fingerprint density at radius 2 is 1.68 bits per heavy atom. The molecule has 1 aromatic carbocycles. The van der Waals surface area contributed by atoms with E-state index in [1.54, 1.807) is 6.92 Å². The third-order valence-corrected chi connectivity index (χ3v) is 3.67. The van der Waals surface area contributed by atoms with Crippen LogP contribution in [-0.4, -0.2) is 6.04 Å². The van der Waals surface area contributed by atoms with E-state index in [9.17, 15) is 8.78 Å². The second kappa shape index (κ2) is 7.59. The zero-order valence-corrected chi connectivity index (χ0v) is 12.2. The number of halogens is 2. The van der Waals surface area contributed by atoms with Gasteiger partial charge in [-0.3, -0.25) is 0 Å². The fourth-order valence-corrected chi connectivity index (χ4v) is 2.68. The van der Waals surface area contributed by atoms with Crippen LogP contribution in [0.25, 0.3) is 0 Å². The van der Waals surface area contributed by atoms with E-state index in [1.807, 2.05) is 0 Å². The summed E-state index contributed by atoms with van der Waals surface area (Å²) in [5.41, 5.74) is 6.96. The van der Waals surface area contributed by atoms with Gasteiger partial charge >= 0.3 is 0 Å². The molecule has 0 radical (unpaired) electrons. The first kappa shape index (κ1) is 16.1. The third kappa shape index (κ3) is 4.57. The molecule has 1 atom stereocenters. The predicted octanol–water partition coefficient (Wildman–Crippen LogP) is 4.36. The van der Waals surface area contributed by atoms with E-state index in [1.165, 1.54) is 12.1 Å². The smallest absolute Gasteiger partial charge is 0.129 e. The lowest BCUT2D eigenvalue weighted by Gasteiger charge is -2.23. The highest BCUT2D eigenvalue weighted by molar-refractivity contribution is 5.26. The average Bonchev–Trinajstić information content (AvgIpc) is 2.35. The minimum absolute atomic E-state index is 0.101. The summed E-state index contributed by atoms with van der Waals surface area (Å²) < 4.78 is 27.3. The Kier molecular flexibility index (Phi) is 6.43. The third-order valence-electron chi connectivity index (χ3n) is 3.67. The summed E-state index contributed by atoms with van der Waals surface area (Å²) in [6.45, 7) is 5.84. The molecular weight excluding hydrogens is 244 g/mol. The van der Waals surface area contributed by atoms with Crippen molar-refractivity contribution in [3.63, 3.8) is 0 Å². The molecule has 1 rings (SSSR count). The molecule has 1 aromatic rings. The van der Waals surface area contributed by atoms with Gasteiger partial charge in [-0.05, 0) is 55.4 Å². The predicted molar refractivity (Wildman–Crippen MR) is 76.1 cm³/mol. The molecule has 1 unspecified atom stereocenters. The molecule has 108 valence electrons. The number of hydrogen-bond donors (Lipinski definition) is 1. The van der Waals surface area contributed by atoms with Crippen LogP contribution < -0.4 is 5.73 Å². The van der Waals surface area contributed by atoms with Crippen molar-refractivity contribution in [3.8, 4) is 0 Å². The molecule has 0 aliphatic heterocycles. The summed E-state index contributed by atoms with van der Waals surface area (Å²) in [4.78, 5) is 0. The van der Waals surface area contributed by atoms with Gasteiger partial charge in [0.15, 0.2) is 0 Å². The number of benzene rings is 1. The van der Waals surface area contributed by atoms with Crippen molar-refractivity contribution in [2.24, 2.45) is 11.7 Å². The fourth-order valence-electron chi connectivity index (χ4n) is 2.68. The number of aryl methyl sites for hydroxylation is 1. The lowest BCUT2D eigenvalue weighted by Crippen LogP contribution is -2.32. The average molecular weight is 269 g/mol. The summed E-state index contributed by atoms with van der Waals surface area (Å²) in [6.07, 6.45) is 4.65. The molecule has 0 aromatic heterocycles. The number of rotatable bonds is 7. The van der Waals surface area contributed by atoms with E-state index in [-0.39, 0.29) is 17.7 Å². The van der Waals surface area contributed by atoms with E-state index in [0.29, 0.717) is 23.5 Å². The van der Waals surface area contributed by atoms with Crippen molar-refractivity contribution in [1.29, 1.82) is 0 Å². The molecule has 0 spiro atoms. The van der Waals surface area contributed by atoms with Crippen LogP contribution in [0.5, 0.6) is 0 Å². The maximum absolute atomic E-state index is 14.0. The van der Waals surface area contributed by atoms with Crippen molar-refractivity contribution in [1.82, 2.24) is 0 Å². The highest BCUT2D eigenvalue weighted by Crippen LogP contribution is 2.22. The molecule has 0 amide bonds. The Bertz CT molecular complexity index is 398. The van der Waals surface area contributed by atoms with Crippen molar-refractivity contribution in [2.45, 2.75) is 58.9 Å². The van der Waals surface area contributed by atoms with Crippen molar-refractivity contribution in [2.75, 3.05) is 0 Å². The molecular formula is C16H25F2N. The maximum Gasteiger partial charge on any atom is 0.129 e. The minimum Gasteiger partial charge on any atom is -0.327 e. The van der Waals surface area contributed by atoms with Crippen LogP contribution in [0.1, 0.15) is 50.7 Å². The van der Waals surface area contributed by atoms with Gasteiger partial charge in [-0.1, -0.05) is 26.7 Å². The highest BCUT2D eigenvalue weighted by atomic mass is 19.1. The minimum atomic E-state index is -0.386. The summed E-state index contributed by atoms with van der Waals surface area (Å²) in [6, 6.07) is 2.40. The van der Waals surface area contributed by atoms with Crippen LogP contribution in [0.3, 0.4) is 0 Å². The molecule has 2 N–H and O–H groups in total. The van der Waals surface area contributed by atoms with Crippen LogP contribution in [0.4, 0.5) is 8.78 Å². The lowest BCUT2D eigenvalue weighted by molar-refractivity contribution is 0.356. The van der Waals surface area contributed by atoms with Gasteiger partial charge in [-0.15, -0.1) is 0 Å². The van der Waals surface area contributed by atoms with Crippen molar-refractivity contribution >= 4 is 0 Å². The van der Waals surface area contributed by atoms with Crippen LogP contribution >= 0.6 is 0 Å². The fraction of sp³-hybridized carbons (Fsp3) is 0.625. The van der Waals surface area contributed by atoms with Crippen LogP contribution in [0, 0.1) is 24.5 Å². The first-order valence-electron chi connectivity index (χ1n) is 7.19. The monoisotopic (exact) mass is 269 g/mol. The molecule has 19 heavy (non-hydrogen) atoms. The number of hydrogen-bond acceptors (Lipinski definition) is 1. The molecule has 1 nitrogen and oxygen atoms in total. The second-order valence-electron chi connectivity index (χ2n) is 5.40. The summed E-state index contributed by atoms with van der Waals surface area (Å²) in [7, 11) is 0. The van der Waals surface area contributed by atoms with Crippen molar-refractivity contribution in [3.05, 3.63) is 34.9 Å². The van der Waals surface area contributed by atoms with Crippen LogP contribution in [0.15, 0.2) is 12.1 Å². The molecule has 0 saturated carbocycles. The van der Waals surface area contributed by atoms with Gasteiger partial charge in [0.1, 0.15) is 11.6 Å². The van der Waals surface area contributed by atoms with Gasteiger partial charge in [-0.2, -0.15) is 0 Å². The highest BCUT2D eigenvalue weighted by Gasteiger charge is 2.19. The van der Waals surface area contributed by atoms with Crippen molar-refractivity contribution < 1.29 is 8.78 Å². The van der Waals surface area contributed by atoms with E-state index in [0.717, 1.165) is 25.7 Å². The summed E-state index contributed by atoms with van der Waals surface area (Å²) >= 11 is 0. The Labute approximate surface area is 115 Å². The second-order valence-corrected chi connectivity index (χ2v) is 5.40. The first-order valence-corrected chi connectivity index (χ1v) is 7.19. The van der Waals surface area contributed by atoms with E-state index < -0.39 is 0 Å². The number of nitrogens with two attached hydrogens (primary N) is 1. The van der Waals surface area contributed by atoms with Crippen LogP contribution in [-0.2, 0) is 6.42 Å². The molecule has 0 heterocycles. The van der Waals surface area contributed by atoms with Crippen LogP contribution in [0.2, 0.25) is 0 Å². The Morgan fingerprint density at radius 1 is 1.11 bits per heavy atom. The molecule has 3 heteroatoms. The van der Waals surface area contributed by atoms with Gasteiger partial charge in [0, 0.05) is 6.04 Å². The van der Waals surface area contributed by atoms with E-state index >= 15 is 0 Å². The van der Waals surface area contributed by atoms with Gasteiger partial charge in [-0.25, -0.2) is 8.78 Å². The first-order chi connectivity index (χ1) is 8.99. The van der Waals surface area contributed by atoms with Gasteiger partial charge in [0.2, 0.25) is 0 Å². The SMILES string of the molecule is CCCC(CCC)C(N)Cc1cc(F)cc(C)c1F. The maximum atomic E-state index is 14.0. The zero-order chi connectivity index (χ0) is 14.4. The normalized spacial score (nSPS) is 13.0. The standard InChI is InChI=1S/C16H25F2N/c1-4-6-12(7-5-2)15(19)10-13-9-14(17)8-11(3)16(13)18/h8-9,12,15H,4-7,10,19H2,1-3H3.